The van der Waals surface area contributed by atoms with E-state index >= 15 is 0 Å². The number of carbonyl (C=O) groups excluding carboxylic acids is 1. The maximum atomic E-state index is 13.1. The topological polar surface area (TPSA) is 63.9 Å². The molecule has 4 rings (SSSR count). The fourth-order valence-electron chi connectivity index (χ4n) is 3.61. The Morgan fingerprint density at radius 1 is 1.33 bits per heavy atom. The molecule has 3 heterocycles. The molecule has 1 atom stereocenters. The summed E-state index contributed by atoms with van der Waals surface area (Å²) in [6.07, 6.45) is 4.95. The molecule has 0 radical (unpaired) electrons. The van der Waals surface area contributed by atoms with Crippen molar-refractivity contribution in [3.05, 3.63) is 63.0 Å². The third-order valence-electron chi connectivity index (χ3n) is 4.84. The quantitative estimate of drug-likeness (QED) is 0.692. The summed E-state index contributed by atoms with van der Waals surface area (Å²) in [5.74, 6) is 0.569. The lowest BCUT2D eigenvalue weighted by Crippen LogP contribution is -2.35. The number of thiazole rings is 1. The molecule has 0 N–H and O–H groups in total. The maximum Gasteiger partial charge on any atom is 0.271 e. The second kappa shape index (κ2) is 7.15. The largest absolute Gasteiger partial charge is 0.494 e. The van der Waals surface area contributed by atoms with Gasteiger partial charge in [0.2, 0.25) is 0 Å². The Morgan fingerprint density at radius 3 is 2.85 bits per heavy atom. The van der Waals surface area contributed by atoms with E-state index in [-0.39, 0.29) is 23.1 Å². The Morgan fingerprint density at radius 2 is 2.11 bits per heavy atom. The number of ether oxygens (including phenoxy) is 1. The molecular formula is C20H21N3O3S. The minimum Gasteiger partial charge on any atom is -0.494 e. The molecule has 0 bridgehead atoms. The van der Waals surface area contributed by atoms with Crippen molar-refractivity contribution in [3.63, 3.8) is 0 Å². The molecule has 1 amide bonds. The lowest BCUT2D eigenvalue weighted by Gasteiger charge is -2.25. The third-order valence-corrected chi connectivity index (χ3v) is 5.75. The normalized spacial score (nSPS) is 16.8. The van der Waals surface area contributed by atoms with E-state index in [1.54, 1.807) is 11.1 Å². The monoisotopic (exact) mass is 383 g/mol. The van der Waals surface area contributed by atoms with Crippen LogP contribution in [0.25, 0.3) is 4.96 Å². The van der Waals surface area contributed by atoms with Crippen LogP contribution in [0.3, 0.4) is 0 Å². The average molecular weight is 383 g/mol. The zero-order valence-corrected chi connectivity index (χ0v) is 16.2. The lowest BCUT2D eigenvalue weighted by molar-refractivity contribution is 0.0733. The summed E-state index contributed by atoms with van der Waals surface area (Å²) in [5.41, 5.74) is 0.889. The first-order valence-corrected chi connectivity index (χ1v) is 9.91. The van der Waals surface area contributed by atoms with Crippen molar-refractivity contribution in [2.24, 2.45) is 0 Å². The van der Waals surface area contributed by atoms with Crippen molar-refractivity contribution in [3.8, 4) is 5.75 Å². The van der Waals surface area contributed by atoms with Crippen LogP contribution in [0.15, 0.2) is 41.5 Å². The predicted molar refractivity (Wildman–Crippen MR) is 105 cm³/mol. The highest BCUT2D eigenvalue weighted by Crippen LogP contribution is 2.33. The van der Waals surface area contributed by atoms with E-state index in [0.29, 0.717) is 18.1 Å². The second-order valence-corrected chi connectivity index (χ2v) is 7.84. The van der Waals surface area contributed by atoms with E-state index in [0.717, 1.165) is 29.0 Å². The Hall–Kier alpha value is -2.67. The van der Waals surface area contributed by atoms with Crippen molar-refractivity contribution < 1.29 is 9.53 Å². The Labute approximate surface area is 161 Å². The molecule has 27 heavy (non-hydrogen) atoms. The van der Waals surface area contributed by atoms with Crippen LogP contribution in [0.2, 0.25) is 0 Å². The van der Waals surface area contributed by atoms with Gasteiger partial charge in [-0.15, -0.1) is 11.3 Å². The fourth-order valence-corrected chi connectivity index (χ4v) is 4.39. The van der Waals surface area contributed by atoms with E-state index in [1.165, 1.54) is 21.9 Å². The van der Waals surface area contributed by atoms with Gasteiger partial charge in [0.05, 0.1) is 12.6 Å². The van der Waals surface area contributed by atoms with Crippen LogP contribution in [-0.4, -0.2) is 33.3 Å². The van der Waals surface area contributed by atoms with Gasteiger partial charge in [0.15, 0.2) is 4.96 Å². The van der Waals surface area contributed by atoms with Crippen LogP contribution < -0.4 is 10.3 Å². The van der Waals surface area contributed by atoms with Gasteiger partial charge in [0.1, 0.15) is 11.3 Å². The average Bonchev–Trinajstić information content (AvgIpc) is 3.29. The number of hydrogen-bond donors (Lipinski definition) is 0. The second-order valence-electron chi connectivity index (χ2n) is 6.63. The van der Waals surface area contributed by atoms with Crippen molar-refractivity contribution in [1.82, 2.24) is 14.3 Å². The van der Waals surface area contributed by atoms with Crippen molar-refractivity contribution >= 4 is 22.2 Å². The summed E-state index contributed by atoms with van der Waals surface area (Å²) < 4.78 is 6.96. The molecule has 1 fully saturated rings. The van der Waals surface area contributed by atoms with Gasteiger partial charge in [-0.25, -0.2) is 4.98 Å². The van der Waals surface area contributed by atoms with Crippen LogP contribution in [0.5, 0.6) is 5.75 Å². The smallest absolute Gasteiger partial charge is 0.271 e. The van der Waals surface area contributed by atoms with Gasteiger partial charge < -0.3 is 9.64 Å². The number of benzene rings is 1. The molecule has 2 aromatic heterocycles. The summed E-state index contributed by atoms with van der Waals surface area (Å²) >= 11 is 1.44. The molecule has 1 aromatic carbocycles. The molecule has 3 aromatic rings. The zero-order valence-electron chi connectivity index (χ0n) is 15.3. The van der Waals surface area contributed by atoms with E-state index in [9.17, 15) is 9.59 Å². The van der Waals surface area contributed by atoms with Crippen LogP contribution >= 0.6 is 11.3 Å². The molecular weight excluding hydrogens is 362 g/mol. The molecule has 1 aliphatic rings. The zero-order chi connectivity index (χ0) is 19.0. The van der Waals surface area contributed by atoms with Gasteiger partial charge in [0, 0.05) is 23.8 Å². The van der Waals surface area contributed by atoms with Gasteiger partial charge in [-0.05, 0) is 44.4 Å². The Balaban J connectivity index is 1.64. The van der Waals surface area contributed by atoms with Gasteiger partial charge in [-0.2, -0.15) is 0 Å². The molecule has 0 saturated carbocycles. The standard InChI is InChI=1S/C20H21N3O3S/c1-3-26-15-8-6-14(7-9-15)17-5-4-10-22(17)18(24)16-11-21-20-23(19(16)25)12-13(2)27-20/h6-9,11-12,17H,3-5,10H2,1-2H3/t17-/m1/s1. The predicted octanol–water partition coefficient (Wildman–Crippen LogP) is 3.44. The summed E-state index contributed by atoms with van der Waals surface area (Å²) in [4.78, 5) is 33.6. The van der Waals surface area contributed by atoms with E-state index in [2.05, 4.69) is 4.98 Å². The summed E-state index contributed by atoms with van der Waals surface area (Å²) in [6, 6.07) is 7.82. The van der Waals surface area contributed by atoms with Gasteiger partial charge in [-0.1, -0.05) is 12.1 Å². The first kappa shape index (κ1) is 17.7. The number of aromatic nitrogens is 2. The molecule has 140 valence electrons. The minimum absolute atomic E-state index is 0.0301. The fraction of sp³-hybridized carbons (Fsp3) is 0.350. The van der Waals surface area contributed by atoms with Gasteiger partial charge >= 0.3 is 0 Å². The van der Waals surface area contributed by atoms with Crippen LogP contribution in [0.4, 0.5) is 0 Å². The number of rotatable bonds is 4. The molecule has 1 saturated heterocycles. The molecule has 6 nitrogen and oxygen atoms in total. The van der Waals surface area contributed by atoms with Crippen LogP contribution in [0, 0.1) is 6.92 Å². The first-order chi connectivity index (χ1) is 13.1. The molecule has 7 heteroatoms. The summed E-state index contributed by atoms with van der Waals surface area (Å²) in [7, 11) is 0. The van der Waals surface area contributed by atoms with E-state index in [1.807, 2.05) is 38.1 Å². The SMILES string of the molecule is CCOc1ccc([C@H]2CCCN2C(=O)c2cnc3sc(C)cn3c2=O)cc1. The molecule has 0 spiro atoms. The Bertz CT molecular complexity index is 1040. The van der Waals surface area contributed by atoms with Crippen molar-refractivity contribution in [1.29, 1.82) is 0 Å². The highest BCUT2D eigenvalue weighted by Gasteiger charge is 2.32. The number of carbonyl (C=O) groups is 1. The number of likely N-dealkylation sites (tertiary alicyclic amines) is 1. The van der Waals surface area contributed by atoms with Crippen LogP contribution in [0.1, 0.15) is 46.6 Å². The number of fused-ring (bicyclic) bond motifs is 1. The highest BCUT2D eigenvalue weighted by molar-refractivity contribution is 7.16. The van der Waals surface area contributed by atoms with E-state index in [4.69, 9.17) is 4.74 Å². The van der Waals surface area contributed by atoms with Gasteiger partial charge in [0.25, 0.3) is 11.5 Å². The number of hydrogen-bond acceptors (Lipinski definition) is 5. The number of amides is 1. The number of nitrogens with zero attached hydrogens (tertiary/aromatic N) is 3. The molecule has 0 aliphatic carbocycles. The van der Waals surface area contributed by atoms with Crippen molar-refractivity contribution in [2.75, 3.05) is 13.2 Å². The number of aryl methyl sites for hydroxylation is 1. The van der Waals surface area contributed by atoms with Crippen molar-refractivity contribution in [2.45, 2.75) is 32.7 Å². The van der Waals surface area contributed by atoms with Gasteiger partial charge in [-0.3, -0.25) is 14.0 Å². The van der Waals surface area contributed by atoms with Crippen LogP contribution in [-0.2, 0) is 0 Å². The van der Waals surface area contributed by atoms with E-state index < -0.39 is 0 Å². The molecule has 1 aliphatic heterocycles. The highest BCUT2D eigenvalue weighted by atomic mass is 32.1. The molecule has 0 unspecified atom stereocenters. The third kappa shape index (κ3) is 3.23. The summed E-state index contributed by atoms with van der Waals surface area (Å²) in [6.45, 7) is 5.13. The Kier molecular flexibility index (Phi) is 4.70. The minimum atomic E-state index is -0.299. The maximum absolute atomic E-state index is 13.1. The lowest BCUT2D eigenvalue weighted by atomic mass is 10.0. The first-order valence-electron chi connectivity index (χ1n) is 9.10. The summed E-state index contributed by atoms with van der Waals surface area (Å²) in [5, 5.41) is 0.